The molecule has 1 amide bonds. The van der Waals surface area contributed by atoms with Crippen molar-refractivity contribution in [1.82, 2.24) is 10.3 Å². The molecule has 1 rings (SSSR count). The molecule has 0 unspecified atom stereocenters. The summed E-state index contributed by atoms with van der Waals surface area (Å²) in [5, 5.41) is 11.7. The summed E-state index contributed by atoms with van der Waals surface area (Å²) in [4.78, 5) is 25.1. The first kappa shape index (κ1) is 12.4. The van der Waals surface area contributed by atoms with Crippen LogP contribution >= 0.6 is 0 Å². The van der Waals surface area contributed by atoms with Crippen LogP contribution in [0.15, 0.2) is 23.0 Å². The third-order valence-electron chi connectivity index (χ3n) is 2.33. The summed E-state index contributed by atoms with van der Waals surface area (Å²) in [6, 6.07) is 4.06. The van der Waals surface area contributed by atoms with Gasteiger partial charge in [0.1, 0.15) is 5.69 Å². The lowest BCUT2D eigenvalue weighted by Gasteiger charge is -2.19. The van der Waals surface area contributed by atoms with E-state index in [4.69, 9.17) is 5.11 Å². The zero-order valence-electron chi connectivity index (χ0n) is 9.36. The van der Waals surface area contributed by atoms with E-state index in [9.17, 15) is 9.59 Å². The van der Waals surface area contributed by atoms with Crippen LogP contribution in [0.1, 0.15) is 24.3 Å². The highest BCUT2D eigenvalue weighted by molar-refractivity contribution is 5.92. The zero-order chi connectivity index (χ0) is 12.1. The number of carbonyl (C=O) groups excluding carboxylic acids is 1. The van der Waals surface area contributed by atoms with E-state index < -0.39 is 0 Å². The summed E-state index contributed by atoms with van der Waals surface area (Å²) in [5.41, 5.74) is -0.121. The minimum Gasteiger partial charge on any atom is -0.394 e. The lowest BCUT2D eigenvalue weighted by molar-refractivity contribution is 0.0891. The van der Waals surface area contributed by atoms with Gasteiger partial charge in [0.25, 0.3) is 5.91 Å². The Morgan fingerprint density at radius 2 is 2.19 bits per heavy atom. The van der Waals surface area contributed by atoms with Gasteiger partial charge in [0, 0.05) is 6.07 Å². The van der Waals surface area contributed by atoms with Crippen LogP contribution in [0.3, 0.4) is 0 Å². The summed E-state index contributed by atoms with van der Waals surface area (Å²) in [7, 11) is 0. The number of nitrogens with one attached hydrogen (secondary N) is 2. The lowest BCUT2D eigenvalue weighted by Crippen LogP contribution is -2.41. The maximum Gasteiger partial charge on any atom is 0.268 e. The average molecular weight is 224 g/mol. The number of pyridine rings is 1. The molecule has 1 aromatic rings. The summed E-state index contributed by atoms with van der Waals surface area (Å²) >= 11 is 0. The van der Waals surface area contributed by atoms with Crippen LogP contribution in [0.2, 0.25) is 0 Å². The van der Waals surface area contributed by atoms with Crippen LogP contribution in [0.5, 0.6) is 0 Å². The van der Waals surface area contributed by atoms with E-state index in [1.807, 2.05) is 13.8 Å². The number of amides is 1. The van der Waals surface area contributed by atoms with Crippen LogP contribution < -0.4 is 10.9 Å². The molecule has 5 nitrogen and oxygen atoms in total. The highest BCUT2D eigenvalue weighted by atomic mass is 16.3. The van der Waals surface area contributed by atoms with Gasteiger partial charge in [-0.1, -0.05) is 19.9 Å². The molecule has 5 heteroatoms. The van der Waals surface area contributed by atoms with Gasteiger partial charge in [-0.25, -0.2) is 0 Å². The molecule has 1 atom stereocenters. The predicted octanol–water partition coefficient (Wildman–Crippen LogP) is 0.122. The molecule has 0 saturated heterocycles. The van der Waals surface area contributed by atoms with Gasteiger partial charge >= 0.3 is 0 Å². The number of hydrogen-bond donors (Lipinski definition) is 3. The van der Waals surface area contributed by atoms with Gasteiger partial charge in [-0.3, -0.25) is 9.59 Å². The molecule has 16 heavy (non-hydrogen) atoms. The van der Waals surface area contributed by atoms with E-state index in [2.05, 4.69) is 10.3 Å². The Kier molecular flexibility index (Phi) is 4.25. The van der Waals surface area contributed by atoms with Crippen LogP contribution in [-0.4, -0.2) is 28.6 Å². The van der Waals surface area contributed by atoms with E-state index in [1.165, 1.54) is 18.2 Å². The molecule has 0 fully saturated rings. The van der Waals surface area contributed by atoms with Gasteiger partial charge in [0.05, 0.1) is 12.6 Å². The monoisotopic (exact) mass is 224 g/mol. The molecule has 3 N–H and O–H groups in total. The molecule has 0 aromatic carbocycles. The number of aliphatic hydroxyl groups excluding tert-OH is 1. The number of rotatable bonds is 4. The second-order valence-electron chi connectivity index (χ2n) is 3.94. The maximum atomic E-state index is 11.7. The molecule has 0 aliphatic carbocycles. The van der Waals surface area contributed by atoms with E-state index in [-0.39, 0.29) is 35.7 Å². The van der Waals surface area contributed by atoms with Crippen molar-refractivity contribution in [2.24, 2.45) is 5.92 Å². The highest BCUT2D eigenvalue weighted by Crippen LogP contribution is 2.01. The molecule has 0 aliphatic rings. The molecule has 0 saturated carbocycles. The van der Waals surface area contributed by atoms with E-state index >= 15 is 0 Å². The van der Waals surface area contributed by atoms with Crippen molar-refractivity contribution >= 4 is 5.91 Å². The van der Waals surface area contributed by atoms with Crippen molar-refractivity contribution in [1.29, 1.82) is 0 Å². The summed E-state index contributed by atoms with van der Waals surface area (Å²) in [5.74, 6) is -0.255. The second-order valence-corrected chi connectivity index (χ2v) is 3.94. The molecule has 88 valence electrons. The van der Waals surface area contributed by atoms with E-state index in [0.29, 0.717) is 0 Å². The molecule has 0 aliphatic heterocycles. The third kappa shape index (κ3) is 3.20. The summed E-state index contributed by atoms with van der Waals surface area (Å²) in [6.07, 6.45) is 0. The van der Waals surface area contributed by atoms with Gasteiger partial charge in [-0.15, -0.1) is 0 Å². The van der Waals surface area contributed by atoms with E-state index in [0.717, 1.165) is 0 Å². The van der Waals surface area contributed by atoms with Gasteiger partial charge < -0.3 is 15.4 Å². The first-order chi connectivity index (χ1) is 7.54. The fraction of sp³-hybridized carbons (Fsp3) is 0.455. The molecule has 1 heterocycles. The number of H-pyrrole nitrogens is 1. The average Bonchev–Trinajstić information content (AvgIpc) is 2.25. The van der Waals surface area contributed by atoms with Crippen molar-refractivity contribution in [3.63, 3.8) is 0 Å². The lowest BCUT2D eigenvalue weighted by atomic mass is 10.1. The van der Waals surface area contributed by atoms with Gasteiger partial charge in [0.15, 0.2) is 0 Å². The highest BCUT2D eigenvalue weighted by Gasteiger charge is 2.16. The molecular formula is C11H16N2O3. The maximum absolute atomic E-state index is 11.7. The molecule has 1 aromatic heterocycles. The minimum atomic E-state index is -0.384. The quantitative estimate of drug-likeness (QED) is 0.679. The van der Waals surface area contributed by atoms with Crippen LogP contribution in [0.4, 0.5) is 0 Å². The second kappa shape index (κ2) is 5.46. The first-order valence-corrected chi connectivity index (χ1v) is 5.15. The van der Waals surface area contributed by atoms with Crippen molar-refractivity contribution < 1.29 is 9.90 Å². The van der Waals surface area contributed by atoms with Crippen LogP contribution in [-0.2, 0) is 0 Å². The molecule has 0 spiro atoms. The van der Waals surface area contributed by atoms with Crippen molar-refractivity contribution in [3.05, 3.63) is 34.2 Å². The SMILES string of the molecule is CC(C)[C@@H](CO)NC(=O)c1cccc(=O)[nH]1. The van der Waals surface area contributed by atoms with E-state index in [1.54, 1.807) is 0 Å². The largest absolute Gasteiger partial charge is 0.394 e. The Morgan fingerprint density at radius 3 is 2.69 bits per heavy atom. The molecule has 0 radical (unpaired) electrons. The third-order valence-corrected chi connectivity index (χ3v) is 2.33. The zero-order valence-corrected chi connectivity index (χ0v) is 9.36. The van der Waals surface area contributed by atoms with Gasteiger partial charge in [-0.05, 0) is 12.0 Å². The summed E-state index contributed by atoms with van der Waals surface area (Å²) in [6.45, 7) is 3.67. The normalized spacial score (nSPS) is 12.5. The fourth-order valence-corrected chi connectivity index (χ4v) is 1.25. The summed E-state index contributed by atoms with van der Waals surface area (Å²) < 4.78 is 0. The van der Waals surface area contributed by atoms with Crippen LogP contribution in [0, 0.1) is 5.92 Å². The fourth-order valence-electron chi connectivity index (χ4n) is 1.25. The number of aliphatic hydroxyl groups is 1. The Balaban J connectivity index is 2.75. The standard InChI is InChI=1S/C11H16N2O3/c1-7(2)9(6-14)13-11(16)8-4-3-5-10(15)12-8/h3-5,7,9,14H,6H2,1-2H3,(H,12,15)(H,13,16)/t9-/m1/s1. The number of aromatic amines is 1. The van der Waals surface area contributed by atoms with Crippen molar-refractivity contribution in [2.75, 3.05) is 6.61 Å². The number of carbonyl (C=O) groups is 1. The van der Waals surface area contributed by atoms with Gasteiger partial charge in [0.2, 0.25) is 5.56 Å². The Hall–Kier alpha value is -1.62. The molecule has 0 bridgehead atoms. The number of hydrogen-bond acceptors (Lipinski definition) is 3. The predicted molar refractivity (Wildman–Crippen MR) is 60.2 cm³/mol. The van der Waals surface area contributed by atoms with Crippen molar-refractivity contribution in [2.45, 2.75) is 19.9 Å². The minimum absolute atomic E-state index is 0.125. The first-order valence-electron chi connectivity index (χ1n) is 5.15. The topological polar surface area (TPSA) is 82.2 Å². The van der Waals surface area contributed by atoms with Crippen LogP contribution in [0.25, 0.3) is 0 Å². The van der Waals surface area contributed by atoms with Gasteiger partial charge in [-0.2, -0.15) is 0 Å². The smallest absolute Gasteiger partial charge is 0.268 e. The Bertz CT molecular complexity index is 412. The molecular weight excluding hydrogens is 208 g/mol. The Labute approximate surface area is 93.5 Å². The number of aromatic nitrogens is 1. The Morgan fingerprint density at radius 1 is 1.50 bits per heavy atom. The van der Waals surface area contributed by atoms with Crippen molar-refractivity contribution in [3.8, 4) is 0 Å².